The molecule has 1 amide bonds. The summed E-state index contributed by atoms with van der Waals surface area (Å²) in [5.41, 5.74) is 0.372. The van der Waals surface area contributed by atoms with E-state index in [1.807, 2.05) is 0 Å². The van der Waals surface area contributed by atoms with Crippen molar-refractivity contribution in [1.29, 1.82) is 0 Å². The van der Waals surface area contributed by atoms with E-state index in [1.165, 1.54) is 19.3 Å². The first-order valence-corrected chi connectivity index (χ1v) is 6.06. The van der Waals surface area contributed by atoms with E-state index in [2.05, 4.69) is 12.2 Å². The van der Waals surface area contributed by atoms with E-state index in [0.29, 0.717) is 18.3 Å². The van der Waals surface area contributed by atoms with E-state index in [1.54, 1.807) is 0 Å². The van der Waals surface area contributed by atoms with Crippen molar-refractivity contribution in [3.8, 4) is 0 Å². The third kappa shape index (κ3) is 4.64. The number of carbonyl (C=O) groups is 2. The second kappa shape index (κ2) is 5.87. The van der Waals surface area contributed by atoms with Gasteiger partial charge in [0.1, 0.15) is 0 Å². The Labute approximate surface area is 96.4 Å². The highest BCUT2D eigenvalue weighted by Crippen LogP contribution is 2.48. The summed E-state index contributed by atoms with van der Waals surface area (Å²) in [7, 11) is 0. The zero-order chi connectivity index (χ0) is 12.0. The molecule has 1 rings (SSSR count). The number of hydrogen-bond donors (Lipinski definition) is 2. The Morgan fingerprint density at radius 2 is 2.00 bits per heavy atom. The monoisotopic (exact) mass is 227 g/mol. The molecule has 1 aliphatic rings. The van der Waals surface area contributed by atoms with Crippen LogP contribution in [0.3, 0.4) is 0 Å². The van der Waals surface area contributed by atoms with Crippen LogP contribution in [0.1, 0.15) is 51.9 Å². The molecule has 0 aromatic carbocycles. The predicted molar refractivity (Wildman–Crippen MR) is 61.1 cm³/mol. The molecule has 0 saturated heterocycles. The van der Waals surface area contributed by atoms with Crippen LogP contribution >= 0.6 is 0 Å². The summed E-state index contributed by atoms with van der Waals surface area (Å²) in [4.78, 5) is 21.7. The summed E-state index contributed by atoms with van der Waals surface area (Å²) in [5, 5.41) is 11.3. The highest BCUT2D eigenvalue weighted by molar-refractivity contribution is 5.76. The molecule has 2 N–H and O–H groups in total. The lowest BCUT2D eigenvalue weighted by atomic mass is 10.0. The Balaban J connectivity index is 2.08. The lowest BCUT2D eigenvalue weighted by molar-refractivity contribution is -0.137. The number of amides is 1. The molecule has 0 aliphatic heterocycles. The Hall–Kier alpha value is -1.06. The van der Waals surface area contributed by atoms with Crippen molar-refractivity contribution < 1.29 is 14.7 Å². The maximum absolute atomic E-state index is 11.4. The van der Waals surface area contributed by atoms with Crippen molar-refractivity contribution in [2.24, 2.45) is 5.41 Å². The smallest absolute Gasteiger partial charge is 0.303 e. The number of aliphatic carboxylic acids is 1. The normalized spacial score (nSPS) is 16.8. The van der Waals surface area contributed by atoms with Gasteiger partial charge in [-0.2, -0.15) is 0 Å². The lowest BCUT2D eigenvalue weighted by Crippen LogP contribution is -2.30. The van der Waals surface area contributed by atoms with E-state index in [4.69, 9.17) is 5.11 Å². The van der Waals surface area contributed by atoms with Gasteiger partial charge in [-0.05, 0) is 31.1 Å². The Kier molecular flexibility index (Phi) is 4.77. The van der Waals surface area contributed by atoms with E-state index in [9.17, 15) is 9.59 Å². The summed E-state index contributed by atoms with van der Waals surface area (Å²) in [6.45, 7) is 2.93. The van der Waals surface area contributed by atoms with Gasteiger partial charge in [-0.15, -0.1) is 0 Å². The molecule has 4 nitrogen and oxygen atoms in total. The summed E-state index contributed by atoms with van der Waals surface area (Å²) in [6, 6.07) is 0. The van der Waals surface area contributed by atoms with Crippen molar-refractivity contribution >= 4 is 11.9 Å². The molecule has 0 aromatic heterocycles. The number of nitrogens with one attached hydrogen (secondary N) is 1. The van der Waals surface area contributed by atoms with Gasteiger partial charge in [-0.25, -0.2) is 0 Å². The van der Waals surface area contributed by atoms with Gasteiger partial charge in [0, 0.05) is 19.4 Å². The van der Waals surface area contributed by atoms with Crippen molar-refractivity contribution in [2.75, 3.05) is 6.54 Å². The summed E-state index contributed by atoms with van der Waals surface area (Å²) in [6.07, 6.45) is 5.62. The Bertz CT molecular complexity index is 259. The van der Waals surface area contributed by atoms with Crippen LogP contribution in [0.2, 0.25) is 0 Å². The first kappa shape index (κ1) is 13.0. The summed E-state index contributed by atoms with van der Waals surface area (Å²) < 4.78 is 0. The van der Waals surface area contributed by atoms with Crippen LogP contribution < -0.4 is 5.32 Å². The zero-order valence-corrected chi connectivity index (χ0v) is 9.92. The second-order valence-corrected chi connectivity index (χ2v) is 4.77. The molecule has 0 aromatic rings. The van der Waals surface area contributed by atoms with Gasteiger partial charge < -0.3 is 10.4 Å². The van der Waals surface area contributed by atoms with Crippen LogP contribution in [0.5, 0.6) is 0 Å². The van der Waals surface area contributed by atoms with Crippen molar-refractivity contribution in [3.63, 3.8) is 0 Å². The maximum atomic E-state index is 11.4. The molecule has 92 valence electrons. The third-order valence-corrected chi connectivity index (χ3v) is 3.19. The van der Waals surface area contributed by atoms with Crippen molar-refractivity contribution in [1.82, 2.24) is 5.32 Å². The van der Waals surface area contributed by atoms with Gasteiger partial charge in [0.05, 0.1) is 0 Å². The van der Waals surface area contributed by atoms with Gasteiger partial charge in [-0.1, -0.05) is 13.3 Å². The Morgan fingerprint density at radius 3 is 2.50 bits per heavy atom. The molecule has 4 heteroatoms. The first-order chi connectivity index (χ1) is 7.58. The van der Waals surface area contributed by atoms with E-state index < -0.39 is 5.97 Å². The standard InChI is InChI=1S/C12H21NO3/c1-2-6-12(7-8-12)9-13-10(14)4-3-5-11(15)16/h2-9H2,1H3,(H,13,14)(H,15,16). The molecule has 0 spiro atoms. The Morgan fingerprint density at radius 1 is 1.31 bits per heavy atom. The lowest BCUT2D eigenvalue weighted by Gasteiger charge is -2.14. The van der Waals surface area contributed by atoms with Gasteiger partial charge in [0.15, 0.2) is 0 Å². The van der Waals surface area contributed by atoms with Gasteiger partial charge in [-0.3, -0.25) is 9.59 Å². The van der Waals surface area contributed by atoms with Crippen molar-refractivity contribution in [3.05, 3.63) is 0 Å². The predicted octanol–water partition coefficient (Wildman–Crippen LogP) is 1.94. The largest absolute Gasteiger partial charge is 0.481 e. The molecular formula is C12H21NO3. The third-order valence-electron chi connectivity index (χ3n) is 3.19. The van der Waals surface area contributed by atoms with Gasteiger partial charge >= 0.3 is 5.97 Å². The molecule has 1 fully saturated rings. The highest BCUT2D eigenvalue weighted by atomic mass is 16.4. The molecule has 0 bridgehead atoms. The SMILES string of the molecule is CCCC1(CNC(=O)CCCC(=O)O)CC1. The van der Waals surface area contributed by atoms with Crippen LogP contribution in [0, 0.1) is 5.41 Å². The molecule has 0 heterocycles. The molecule has 0 unspecified atom stereocenters. The topological polar surface area (TPSA) is 66.4 Å². The summed E-state index contributed by atoms with van der Waals surface area (Å²) in [5.74, 6) is -0.846. The molecule has 1 aliphatic carbocycles. The van der Waals surface area contributed by atoms with E-state index in [0.717, 1.165) is 13.0 Å². The van der Waals surface area contributed by atoms with Gasteiger partial charge in [0.2, 0.25) is 5.91 Å². The number of hydrogen-bond acceptors (Lipinski definition) is 2. The minimum Gasteiger partial charge on any atom is -0.481 e. The molecule has 0 radical (unpaired) electrons. The minimum absolute atomic E-state index is 0.0105. The van der Waals surface area contributed by atoms with Crippen molar-refractivity contribution in [2.45, 2.75) is 51.9 Å². The average Bonchev–Trinajstić information content (AvgIpc) is 2.96. The second-order valence-electron chi connectivity index (χ2n) is 4.77. The summed E-state index contributed by atoms with van der Waals surface area (Å²) >= 11 is 0. The minimum atomic E-state index is -0.836. The average molecular weight is 227 g/mol. The van der Waals surface area contributed by atoms with E-state index >= 15 is 0 Å². The number of carboxylic acids is 1. The fourth-order valence-corrected chi connectivity index (χ4v) is 2.00. The number of carbonyl (C=O) groups excluding carboxylic acids is 1. The maximum Gasteiger partial charge on any atom is 0.303 e. The molecule has 0 atom stereocenters. The fraction of sp³-hybridized carbons (Fsp3) is 0.833. The molecule has 16 heavy (non-hydrogen) atoms. The highest BCUT2D eigenvalue weighted by Gasteiger charge is 2.41. The van der Waals surface area contributed by atoms with Gasteiger partial charge in [0.25, 0.3) is 0 Å². The van der Waals surface area contributed by atoms with Crippen LogP contribution in [-0.2, 0) is 9.59 Å². The van der Waals surface area contributed by atoms with Crippen LogP contribution in [0.4, 0.5) is 0 Å². The van der Waals surface area contributed by atoms with E-state index in [-0.39, 0.29) is 12.3 Å². The van der Waals surface area contributed by atoms with Crippen LogP contribution in [-0.4, -0.2) is 23.5 Å². The molecular weight excluding hydrogens is 206 g/mol. The quantitative estimate of drug-likeness (QED) is 0.666. The molecule has 1 saturated carbocycles. The van der Waals surface area contributed by atoms with Crippen LogP contribution in [0.15, 0.2) is 0 Å². The van der Waals surface area contributed by atoms with Crippen LogP contribution in [0.25, 0.3) is 0 Å². The zero-order valence-electron chi connectivity index (χ0n) is 9.92. The fourth-order valence-electron chi connectivity index (χ4n) is 2.00. The number of carboxylic acid groups (broad SMARTS) is 1. The number of rotatable bonds is 8. The first-order valence-electron chi connectivity index (χ1n) is 6.06.